The summed E-state index contributed by atoms with van der Waals surface area (Å²) in [5.41, 5.74) is 0. The summed E-state index contributed by atoms with van der Waals surface area (Å²) >= 11 is 0. The lowest BCUT2D eigenvalue weighted by molar-refractivity contribution is 0.136. The van der Waals surface area contributed by atoms with Gasteiger partial charge in [-0.05, 0) is 83.2 Å². The Balaban J connectivity index is 1.33. The van der Waals surface area contributed by atoms with Crippen molar-refractivity contribution in [1.29, 1.82) is 0 Å². The van der Waals surface area contributed by atoms with Gasteiger partial charge in [-0.25, -0.2) is 0 Å². The van der Waals surface area contributed by atoms with Crippen molar-refractivity contribution in [2.75, 3.05) is 20.1 Å². The quantitative estimate of drug-likeness (QED) is 0.771. The largest absolute Gasteiger partial charge is 0.303 e. The van der Waals surface area contributed by atoms with E-state index in [1.807, 2.05) is 0 Å². The van der Waals surface area contributed by atoms with Gasteiger partial charge in [-0.3, -0.25) is 4.90 Å². The predicted molar refractivity (Wildman–Crippen MR) is 79.2 cm³/mol. The zero-order valence-corrected chi connectivity index (χ0v) is 12.7. The molecule has 4 aliphatic rings. The minimum atomic E-state index is 0.851. The van der Waals surface area contributed by atoms with Crippen LogP contribution in [0.5, 0.6) is 0 Å². The second-order valence-corrected chi connectivity index (χ2v) is 8.05. The van der Waals surface area contributed by atoms with E-state index in [2.05, 4.69) is 23.8 Å². The van der Waals surface area contributed by atoms with E-state index in [1.54, 1.807) is 0 Å². The van der Waals surface area contributed by atoms with E-state index in [1.165, 1.54) is 58.0 Å². The molecule has 0 aromatic rings. The van der Waals surface area contributed by atoms with Crippen molar-refractivity contribution in [2.24, 2.45) is 17.8 Å². The molecule has 0 aromatic carbocycles. The summed E-state index contributed by atoms with van der Waals surface area (Å²) in [6.07, 6.45) is 10.5. The van der Waals surface area contributed by atoms with Gasteiger partial charge in [-0.2, -0.15) is 0 Å². The molecule has 2 heteroatoms. The number of piperidine rings is 1. The zero-order valence-electron chi connectivity index (χ0n) is 12.7. The number of rotatable bonds is 3. The first-order valence-electron chi connectivity index (χ1n) is 8.66. The maximum Gasteiger partial charge on any atom is 0.0124 e. The molecule has 0 radical (unpaired) electrons. The first-order valence-corrected chi connectivity index (χ1v) is 8.66. The highest BCUT2D eigenvalue weighted by molar-refractivity contribution is 4.97. The lowest BCUT2D eigenvalue weighted by atomic mass is 9.95. The van der Waals surface area contributed by atoms with E-state index in [4.69, 9.17) is 0 Å². The van der Waals surface area contributed by atoms with Crippen LogP contribution in [0.1, 0.15) is 51.9 Å². The van der Waals surface area contributed by atoms with Crippen LogP contribution < -0.4 is 0 Å². The topological polar surface area (TPSA) is 6.48 Å². The summed E-state index contributed by atoms with van der Waals surface area (Å²) in [5, 5.41) is 0. The lowest BCUT2D eigenvalue weighted by Gasteiger charge is -2.34. The van der Waals surface area contributed by atoms with Gasteiger partial charge in [-0.15, -0.1) is 0 Å². The minimum Gasteiger partial charge on any atom is -0.303 e. The Labute approximate surface area is 118 Å². The summed E-state index contributed by atoms with van der Waals surface area (Å²) in [6.45, 7) is 5.29. The molecule has 2 saturated heterocycles. The molecular formula is C17H30N2. The normalized spacial score (nSPS) is 48.0. The van der Waals surface area contributed by atoms with Gasteiger partial charge >= 0.3 is 0 Å². The fourth-order valence-electron chi connectivity index (χ4n) is 5.91. The third-order valence-corrected chi connectivity index (χ3v) is 6.87. The molecule has 2 aliphatic carbocycles. The van der Waals surface area contributed by atoms with Crippen LogP contribution >= 0.6 is 0 Å². The number of nitrogens with zero attached hydrogens (tertiary/aromatic N) is 2. The highest BCUT2D eigenvalue weighted by Crippen LogP contribution is 2.44. The van der Waals surface area contributed by atoms with Gasteiger partial charge < -0.3 is 4.90 Å². The van der Waals surface area contributed by atoms with E-state index >= 15 is 0 Å². The molecule has 0 N–H and O–H groups in total. The van der Waals surface area contributed by atoms with Crippen LogP contribution in [0.3, 0.4) is 0 Å². The molecule has 108 valence electrons. The molecule has 2 nitrogen and oxygen atoms in total. The van der Waals surface area contributed by atoms with Crippen molar-refractivity contribution < 1.29 is 0 Å². The second kappa shape index (κ2) is 4.73. The van der Waals surface area contributed by atoms with E-state index in [9.17, 15) is 0 Å². The van der Waals surface area contributed by atoms with Crippen molar-refractivity contribution in [3.05, 3.63) is 0 Å². The van der Waals surface area contributed by atoms with Crippen LogP contribution in [-0.2, 0) is 0 Å². The molecular weight excluding hydrogens is 232 g/mol. The van der Waals surface area contributed by atoms with E-state index < -0.39 is 0 Å². The SMILES string of the molecule is CC(CC1CC2CCN(C)C2C1)N1CC2CCC1C2. The lowest BCUT2D eigenvalue weighted by Crippen LogP contribution is -2.40. The first-order chi connectivity index (χ1) is 9.20. The molecule has 0 amide bonds. The second-order valence-electron chi connectivity index (χ2n) is 8.05. The van der Waals surface area contributed by atoms with Crippen molar-refractivity contribution in [1.82, 2.24) is 9.80 Å². The smallest absolute Gasteiger partial charge is 0.0124 e. The fraction of sp³-hybridized carbons (Fsp3) is 1.00. The molecule has 2 aliphatic heterocycles. The average Bonchev–Trinajstić information content (AvgIpc) is 3.12. The maximum absolute atomic E-state index is 2.87. The van der Waals surface area contributed by atoms with E-state index in [0.29, 0.717) is 0 Å². The van der Waals surface area contributed by atoms with Gasteiger partial charge in [0.15, 0.2) is 0 Å². The number of hydrogen-bond donors (Lipinski definition) is 0. The Kier molecular flexibility index (Phi) is 3.15. The van der Waals surface area contributed by atoms with Gasteiger partial charge in [0.1, 0.15) is 0 Å². The Morgan fingerprint density at radius 3 is 2.68 bits per heavy atom. The molecule has 0 spiro atoms. The molecule has 0 aromatic heterocycles. The molecule has 4 fully saturated rings. The zero-order chi connectivity index (χ0) is 13.0. The van der Waals surface area contributed by atoms with Crippen LogP contribution in [0.25, 0.3) is 0 Å². The van der Waals surface area contributed by atoms with Crippen molar-refractivity contribution in [2.45, 2.75) is 70.0 Å². The summed E-state index contributed by atoms with van der Waals surface area (Å²) in [4.78, 5) is 5.50. The Morgan fingerprint density at radius 2 is 2.00 bits per heavy atom. The monoisotopic (exact) mass is 262 g/mol. The van der Waals surface area contributed by atoms with Gasteiger partial charge in [0, 0.05) is 24.7 Å². The van der Waals surface area contributed by atoms with Gasteiger partial charge in [0.05, 0.1) is 0 Å². The van der Waals surface area contributed by atoms with Crippen molar-refractivity contribution >= 4 is 0 Å². The van der Waals surface area contributed by atoms with Crippen LogP contribution in [0.2, 0.25) is 0 Å². The number of likely N-dealkylation sites (tertiary alicyclic amines) is 2. The van der Waals surface area contributed by atoms with Crippen LogP contribution in [0, 0.1) is 17.8 Å². The third kappa shape index (κ3) is 2.15. The Bertz CT molecular complexity index is 342. The molecule has 2 bridgehead atoms. The first kappa shape index (κ1) is 12.6. The molecule has 2 saturated carbocycles. The van der Waals surface area contributed by atoms with E-state index in [0.717, 1.165) is 35.9 Å². The Morgan fingerprint density at radius 1 is 1.11 bits per heavy atom. The highest BCUT2D eigenvalue weighted by atomic mass is 15.2. The number of hydrogen-bond acceptors (Lipinski definition) is 2. The molecule has 19 heavy (non-hydrogen) atoms. The summed E-state index contributed by atoms with van der Waals surface area (Å²) in [5.74, 6) is 3.12. The maximum atomic E-state index is 2.87. The number of fused-ring (bicyclic) bond motifs is 3. The highest BCUT2D eigenvalue weighted by Gasteiger charge is 2.43. The van der Waals surface area contributed by atoms with Gasteiger partial charge in [0.25, 0.3) is 0 Å². The van der Waals surface area contributed by atoms with Crippen LogP contribution in [0.4, 0.5) is 0 Å². The summed E-state index contributed by atoms with van der Waals surface area (Å²) < 4.78 is 0. The molecule has 4 rings (SSSR count). The molecule has 2 heterocycles. The van der Waals surface area contributed by atoms with E-state index in [-0.39, 0.29) is 0 Å². The standard InChI is InChI=1S/C17H30N2/c1-12(19-11-13-3-4-16(19)9-13)7-14-8-15-5-6-18(2)17(15)10-14/h12-17H,3-11H2,1-2H3. The molecule has 6 unspecified atom stereocenters. The predicted octanol–water partition coefficient (Wildman–Crippen LogP) is 2.98. The summed E-state index contributed by atoms with van der Waals surface area (Å²) in [6, 6.07) is 2.75. The molecule has 6 atom stereocenters. The fourth-order valence-corrected chi connectivity index (χ4v) is 5.91. The van der Waals surface area contributed by atoms with Crippen LogP contribution in [0.15, 0.2) is 0 Å². The van der Waals surface area contributed by atoms with Gasteiger partial charge in [-0.1, -0.05) is 0 Å². The van der Waals surface area contributed by atoms with Crippen LogP contribution in [-0.4, -0.2) is 48.1 Å². The van der Waals surface area contributed by atoms with Gasteiger partial charge in [0.2, 0.25) is 0 Å². The third-order valence-electron chi connectivity index (χ3n) is 6.87. The van der Waals surface area contributed by atoms with Crippen molar-refractivity contribution in [3.8, 4) is 0 Å². The minimum absolute atomic E-state index is 0.851. The average molecular weight is 262 g/mol. The van der Waals surface area contributed by atoms with Crippen molar-refractivity contribution in [3.63, 3.8) is 0 Å². The Hall–Kier alpha value is -0.0800. The summed E-state index contributed by atoms with van der Waals surface area (Å²) in [7, 11) is 2.34.